The molecule has 31 heavy (non-hydrogen) atoms. The number of nitrogens with one attached hydrogen (secondary N) is 1. The molecule has 2 bridgehead atoms. The third kappa shape index (κ3) is 4.21. The topological polar surface area (TPSA) is 67.5 Å². The van der Waals surface area contributed by atoms with Crippen LogP contribution in [0.4, 0.5) is 5.69 Å². The lowest BCUT2D eigenvalue weighted by atomic mass is 9.83. The van der Waals surface area contributed by atoms with Gasteiger partial charge < -0.3 is 19.2 Å². The van der Waals surface area contributed by atoms with Crippen LogP contribution in [0.3, 0.4) is 0 Å². The fraction of sp³-hybridized carbons (Fsp3) is 0.360. The van der Waals surface area contributed by atoms with E-state index in [9.17, 15) is 9.59 Å². The quantitative estimate of drug-likeness (QED) is 0.663. The van der Waals surface area contributed by atoms with Crippen molar-refractivity contribution < 1.29 is 9.21 Å². The number of aromatic nitrogens is 1. The smallest absolute Gasteiger partial charge is 0.291 e. The van der Waals surface area contributed by atoms with Gasteiger partial charge in [0.05, 0.1) is 6.26 Å². The van der Waals surface area contributed by atoms with E-state index in [0.717, 1.165) is 44.6 Å². The zero-order valence-electron chi connectivity index (χ0n) is 17.5. The highest BCUT2D eigenvalue weighted by Crippen LogP contribution is 2.35. The van der Waals surface area contributed by atoms with Gasteiger partial charge in [0, 0.05) is 31.2 Å². The second-order valence-electron chi connectivity index (χ2n) is 8.67. The molecule has 1 aromatic carbocycles. The van der Waals surface area contributed by atoms with Crippen LogP contribution in [0.1, 0.15) is 40.6 Å². The van der Waals surface area contributed by atoms with Crippen LogP contribution >= 0.6 is 0 Å². The minimum absolute atomic E-state index is 0.121. The van der Waals surface area contributed by atoms with Crippen LogP contribution in [0.2, 0.25) is 0 Å². The summed E-state index contributed by atoms with van der Waals surface area (Å²) >= 11 is 0. The van der Waals surface area contributed by atoms with E-state index in [1.807, 2.05) is 10.6 Å². The molecule has 0 aliphatic carbocycles. The van der Waals surface area contributed by atoms with Crippen LogP contribution in [0, 0.1) is 5.92 Å². The molecule has 160 valence electrons. The molecule has 2 atom stereocenters. The van der Waals surface area contributed by atoms with E-state index >= 15 is 0 Å². The maximum absolute atomic E-state index is 13.1. The fourth-order valence-corrected chi connectivity index (χ4v) is 5.07. The number of benzene rings is 1. The van der Waals surface area contributed by atoms with E-state index in [4.69, 9.17) is 4.42 Å². The van der Waals surface area contributed by atoms with Crippen molar-refractivity contribution in [2.45, 2.75) is 31.7 Å². The molecule has 1 saturated heterocycles. The summed E-state index contributed by atoms with van der Waals surface area (Å²) in [7, 11) is 0. The molecule has 4 heterocycles. The average molecular weight is 418 g/mol. The molecule has 0 saturated carbocycles. The first-order chi connectivity index (χ1) is 15.2. The Balaban J connectivity index is 1.26. The predicted octanol–water partition coefficient (Wildman–Crippen LogP) is 3.75. The molecule has 1 N–H and O–H groups in total. The number of aryl methyl sites for hydroxylation is 1. The SMILES string of the molecule is O=C(Nc1ccc2n(c1=O)C[C@H]1C[C@@H]2CN(CCCc2ccccc2)C1)c1ccco1. The Hall–Kier alpha value is -3.12. The van der Waals surface area contributed by atoms with E-state index in [2.05, 4.69) is 40.5 Å². The summed E-state index contributed by atoms with van der Waals surface area (Å²) in [4.78, 5) is 27.9. The number of hydrogen-bond acceptors (Lipinski definition) is 4. The number of pyridine rings is 1. The molecule has 1 fully saturated rings. The first-order valence-electron chi connectivity index (χ1n) is 11.0. The number of nitrogens with zero attached hydrogens (tertiary/aromatic N) is 2. The Morgan fingerprint density at radius 2 is 1.90 bits per heavy atom. The number of carbonyl (C=O) groups is 1. The summed E-state index contributed by atoms with van der Waals surface area (Å²) < 4.78 is 7.00. The molecule has 5 rings (SSSR count). The number of fused-ring (bicyclic) bond motifs is 4. The van der Waals surface area contributed by atoms with Crippen molar-refractivity contribution in [1.29, 1.82) is 0 Å². The highest BCUT2D eigenvalue weighted by Gasteiger charge is 2.34. The van der Waals surface area contributed by atoms with E-state index in [0.29, 0.717) is 24.1 Å². The lowest BCUT2D eigenvalue weighted by Gasteiger charge is -2.43. The summed E-state index contributed by atoms with van der Waals surface area (Å²) in [5.74, 6) is 0.636. The minimum atomic E-state index is -0.400. The zero-order chi connectivity index (χ0) is 21.2. The fourth-order valence-electron chi connectivity index (χ4n) is 5.07. The van der Waals surface area contributed by atoms with Gasteiger partial charge in [0.1, 0.15) is 5.69 Å². The molecule has 6 heteroatoms. The second kappa shape index (κ2) is 8.55. The van der Waals surface area contributed by atoms with Crippen LogP contribution in [0.5, 0.6) is 0 Å². The minimum Gasteiger partial charge on any atom is -0.459 e. The molecule has 2 aliphatic rings. The van der Waals surface area contributed by atoms with Crippen molar-refractivity contribution in [2.24, 2.45) is 5.92 Å². The molecule has 1 amide bonds. The Morgan fingerprint density at radius 1 is 1.03 bits per heavy atom. The molecule has 3 aromatic rings. The van der Waals surface area contributed by atoms with Crippen LogP contribution in [-0.4, -0.2) is 35.0 Å². The number of anilines is 1. The lowest BCUT2D eigenvalue weighted by molar-refractivity contribution is 0.0996. The highest BCUT2D eigenvalue weighted by molar-refractivity contribution is 6.02. The Kier molecular flexibility index (Phi) is 5.47. The molecule has 6 nitrogen and oxygen atoms in total. The van der Waals surface area contributed by atoms with E-state index < -0.39 is 5.91 Å². The molecular weight excluding hydrogens is 390 g/mol. The number of hydrogen-bond donors (Lipinski definition) is 1. The van der Waals surface area contributed by atoms with Gasteiger partial charge in [-0.2, -0.15) is 0 Å². The third-order valence-corrected chi connectivity index (χ3v) is 6.46. The van der Waals surface area contributed by atoms with Gasteiger partial charge in [-0.15, -0.1) is 0 Å². The summed E-state index contributed by atoms with van der Waals surface area (Å²) in [5, 5.41) is 2.70. The molecule has 0 unspecified atom stereocenters. The van der Waals surface area contributed by atoms with Gasteiger partial charge in [0.2, 0.25) is 0 Å². The van der Waals surface area contributed by atoms with Crippen LogP contribution in [0.25, 0.3) is 0 Å². The number of likely N-dealkylation sites (tertiary alicyclic amines) is 1. The Labute approximate surface area is 181 Å². The van der Waals surface area contributed by atoms with Crippen LogP contribution < -0.4 is 10.9 Å². The van der Waals surface area contributed by atoms with Crippen LogP contribution in [0.15, 0.2) is 70.1 Å². The number of amides is 1. The van der Waals surface area contributed by atoms with Crippen LogP contribution in [-0.2, 0) is 13.0 Å². The Morgan fingerprint density at radius 3 is 2.71 bits per heavy atom. The van der Waals surface area contributed by atoms with Gasteiger partial charge in [-0.3, -0.25) is 9.59 Å². The first-order valence-corrected chi connectivity index (χ1v) is 11.0. The predicted molar refractivity (Wildman–Crippen MR) is 119 cm³/mol. The number of furan rings is 1. The number of rotatable bonds is 6. The molecular formula is C25H27N3O3. The monoisotopic (exact) mass is 417 g/mol. The van der Waals surface area contributed by atoms with Crippen molar-refractivity contribution in [1.82, 2.24) is 9.47 Å². The van der Waals surface area contributed by atoms with Gasteiger partial charge in [0.25, 0.3) is 11.5 Å². The maximum Gasteiger partial charge on any atom is 0.291 e. The normalized spacial score (nSPS) is 20.3. The summed E-state index contributed by atoms with van der Waals surface area (Å²) in [6.45, 7) is 3.82. The highest BCUT2D eigenvalue weighted by atomic mass is 16.3. The molecule has 0 radical (unpaired) electrons. The van der Waals surface area contributed by atoms with E-state index in [-0.39, 0.29) is 11.3 Å². The molecule has 0 spiro atoms. The van der Waals surface area contributed by atoms with Crippen molar-refractivity contribution in [3.63, 3.8) is 0 Å². The first kappa shape index (κ1) is 19.8. The van der Waals surface area contributed by atoms with Crippen molar-refractivity contribution in [3.05, 3.63) is 88.2 Å². The van der Waals surface area contributed by atoms with Gasteiger partial charge in [-0.05, 0) is 61.6 Å². The molecule has 2 aliphatic heterocycles. The van der Waals surface area contributed by atoms with Gasteiger partial charge >= 0.3 is 0 Å². The summed E-state index contributed by atoms with van der Waals surface area (Å²) in [6.07, 6.45) is 4.82. The summed E-state index contributed by atoms with van der Waals surface area (Å²) in [6, 6.07) is 17.6. The maximum atomic E-state index is 13.1. The molecule has 2 aromatic heterocycles. The largest absolute Gasteiger partial charge is 0.459 e. The Bertz CT molecular complexity index is 1100. The van der Waals surface area contributed by atoms with Gasteiger partial charge in [-0.1, -0.05) is 30.3 Å². The average Bonchev–Trinajstić information content (AvgIpc) is 3.32. The van der Waals surface area contributed by atoms with Gasteiger partial charge in [-0.25, -0.2) is 0 Å². The lowest BCUT2D eigenvalue weighted by Crippen LogP contribution is -2.47. The third-order valence-electron chi connectivity index (χ3n) is 6.46. The van der Waals surface area contributed by atoms with Crippen molar-refractivity contribution >= 4 is 11.6 Å². The summed E-state index contributed by atoms with van der Waals surface area (Å²) in [5.41, 5.74) is 2.67. The standard InChI is InChI=1S/C25H27N3O3/c29-24(23-9-5-13-31-23)26-21-10-11-22-20-14-19(16-28(22)25(21)30)15-27(17-20)12-4-8-18-6-2-1-3-7-18/h1-3,5-7,9-11,13,19-20H,4,8,12,14-17H2,(H,26,29)/t19-,20+/m0/s1. The number of carbonyl (C=O) groups excluding carboxylic acids is 1. The van der Waals surface area contributed by atoms with E-state index in [1.165, 1.54) is 11.8 Å². The number of piperidine rings is 1. The second-order valence-corrected chi connectivity index (χ2v) is 8.67. The van der Waals surface area contributed by atoms with E-state index in [1.54, 1.807) is 18.2 Å². The van der Waals surface area contributed by atoms with Gasteiger partial charge in [0.15, 0.2) is 5.76 Å². The zero-order valence-corrected chi connectivity index (χ0v) is 17.5. The van der Waals surface area contributed by atoms with Crippen molar-refractivity contribution in [2.75, 3.05) is 25.0 Å². The van der Waals surface area contributed by atoms with Crippen molar-refractivity contribution in [3.8, 4) is 0 Å².